The molecule has 2 aromatic carbocycles. The zero-order valence-corrected chi connectivity index (χ0v) is 17.3. The van der Waals surface area contributed by atoms with Crippen LogP contribution in [-0.4, -0.2) is 48.2 Å². The predicted molar refractivity (Wildman–Crippen MR) is 112 cm³/mol. The molecular formula is C20H18IN3O3. The molecule has 3 aromatic rings. The van der Waals surface area contributed by atoms with E-state index in [4.69, 9.17) is 4.74 Å². The lowest BCUT2D eigenvalue weighted by Crippen LogP contribution is -2.21. The molecule has 0 fully saturated rings. The van der Waals surface area contributed by atoms with Crippen LogP contribution in [-0.2, 0) is 4.74 Å². The molecule has 6 nitrogen and oxygen atoms in total. The van der Waals surface area contributed by atoms with Crippen LogP contribution in [0, 0.1) is 3.70 Å². The van der Waals surface area contributed by atoms with E-state index in [0.717, 1.165) is 26.1 Å². The van der Waals surface area contributed by atoms with Crippen LogP contribution in [0.3, 0.4) is 0 Å². The van der Waals surface area contributed by atoms with E-state index in [0.29, 0.717) is 11.1 Å². The molecule has 1 N–H and O–H groups in total. The minimum Gasteiger partial charge on any atom is -0.465 e. The van der Waals surface area contributed by atoms with Gasteiger partial charge in [0.2, 0.25) is 0 Å². The number of aromatic nitrogens is 2. The Labute approximate surface area is 170 Å². The summed E-state index contributed by atoms with van der Waals surface area (Å²) in [6.07, 6.45) is 0. The van der Waals surface area contributed by atoms with E-state index < -0.39 is 0 Å². The van der Waals surface area contributed by atoms with Crippen LogP contribution in [0.1, 0.15) is 20.7 Å². The summed E-state index contributed by atoms with van der Waals surface area (Å²) in [5.74, 6) is -0.415. The van der Waals surface area contributed by atoms with Crippen molar-refractivity contribution in [3.05, 3.63) is 63.4 Å². The Morgan fingerprint density at radius 1 is 0.963 bits per heavy atom. The molecule has 0 aliphatic heterocycles. The molecular weight excluding hydrogens is 457 g/mol. The first-order valence-electron chi connectivity index (χ1n) is 8.17. The lowest BCUT2D eigenvalue weighted by molar-refractivity contribution is 0.0600. The normalized spacial score (nSPS) is 10.5. The van der Waals surface area contributed by atoms with Gasteiger partial charge in [0, 0.05) is 30.8 Å². The van der Waals surface area contributed by atoms with Crippen LogP contribution in [0.25, 0.3) is 22.4 Å². The van der Waals surface area contributed by atoms with Crippen LogP contribution in [0.4, 0.5) is 0 Å². The molecule has 0 saturated heterocycles. The Balaban J connectivity index is 1.98. The van der Waals surface area contributed by atoms with Gasteiger partial charge in [0.1, 0.15) is 9.39 Å². The van der Waals surface area contributed by atoms with Crippen molar-refractivity contribution in [1.29, 1.82) is 0 Å². The summed E-state index contributed by atoms with van der Waals surface area (Å²) in [5, 5.41) is 7.43. The van der Waals surface area contributed by atoms with Gasteiger partial charge in [-0.15, -0.1) is 0 Å². The molecule has 0 aliphatic carbocycles. The number of esters is 1. The van der Waals surface area contributed by atoms with Crippen molar-refractivity contribution >= 4 is 34.5 Å². The average Bonchev–Trinajstić information content (AvgIpc) is 3.08. The Morgan fingerprint density at radius 3 is 2.07 bits per heavy atom. The third kappa shape index (κ3) is 3.87. The molecule has 1 amide bonds. The molecule has 0 bridgehead atoms. The quantitative estimate of drug-likeness (QED) is 0.460. The van der Waals surface area contributed by atoms with Gasteiger partial charge in [0.25, 0.3) is 5.91 Å². The van der Waals surface area contributed by atoms with Crippen molar-refractivity contribution in [1.82, 2.24) is 15.1 Å². The summed E-state index contributed by atoms with van der Waals surface area (Å²) in [7, 11) is 4.81. The fourth-order valence-corrected chi connectivity index (χ4v) is 3.40. The third-order valence-electron chi connectivity index (χ3n) is 4.13. The van der Waals surface area contributed by atoms with Gasteiger partial charge in [0.15, 0.2) is 0 Å². The maximum atomic E-state index is 12.1. The zero-order chi connectivity index (χ0) is 19.6. The second-order valence-electron chi connectivity index (χ2n) is 6.11. The predicted octanol–water partition coefficient (Wildman–Crippen LogP) is 3.84. The van der Waals surface area contributed by atoms with E-state index in [9.17, 15) is 9.59 Å². The van der Waals surface area contributed by atoms with Gasteiger partial charge in [0.05, 0.1) is 12.7 Å². The number of amides is 1. The minimum atomic E-state index is -0.375. The SMILES string of the molecule is COC(=O)c1ccc(-c2n[nH]c(I)c2-c2ccc(C(=O)N(C)C)cc2)cc1. The number of methoxy groups -OCH3 is 1. The molecule has 0 aliphatic rings. The number of carbonyl (C=O) groups excluding carboxylic acids is 2. The average molecular weight is 475 g/mol. The summed E-state index contributed by atoms with van der Waals surface area (Å²) in [6.45, 7) is 0. The number of carbonyl (C=O) groups is 2. The van der Waals surface area contributed by atoms with E-state index in [1.807, 2.05) is 36.4 Å². The molecule has 0 saturated carbocycles. The second kappa shape index (κ2) is 7.91. The number of hydrogen-bond acceptors (Lipinski definition) is 4. The molecule has 0 radical (unpaired) electrons. The van der Waals surface area contributed by atoms with Crippen molar-refractivity contribution in [3.8, 4) is 22.4 Å². The van der Waals surface area contributed by atoms with Gasteiger partial charge >= 0.3 is 5.97 Å². The summed E-state index contributed by atoms with van der Waals surface area (Å²) in [5.41, 5.74) is 4.68. The van der Waals surface area contributed by atoms with Crippen molar-refractivity contribution in [2.24, 2.45) is 0 Å². The molecule has 0 atom stereocenters. The molecule has 1 heterocycles. The first-order chi connectivity index (χ1) is 12.9. The smallest absolute Gasteiger partial charge is 0.337 e. The minimum absolute atomic E-state index is 0.0398. The monoisotopic (exact) mass is 475 g/mol. The van der Waals surface area contributed by atoms with Crippen LogP contribution >= 0.6 is 22.6 Å². The van der Waals surface area contributed by atoms with Crippen molar-refractivity contribution < 1.29 is 14.3 Å². The number of nitrogens with one attached hydrogen (secondary N) is 1. The highest BCUT2D eigenvalue weighted by Crippen LogP contribution is 2.34. The fourth-order valence-electron chi connectivity index (χ4n) is 2.71. The Kier molecular flexibility index (Phi) is 5.59. The number of H-pyrrole nitrogens is 1. The Bertz CT molecular complexity index is 977. The highest BCUT2D eigenvalue weighted by Gasteiger charge is 2.17. The maximum Gasteiger partial charge on any atom is 0.337 e. The standard InChI is InChI=1S/C20H18IN3O3/c1-24(2)19(25)14-8-4-12(5-9-14)16-17(22-23-18(16)21)13-6-10-15(11-7-13)20(26)27-3/h4-11H,1-3H3,(H,22,23). The number of ether oxygens (including phenoxy) is 1. The highest BCUT2D eigenvalue weighted by molar-refractivity contribution is 14.1. The van der Waals surface area contributed by atoms with Gasteiger partial charge in [-0.25, -0.2) is 4.79 Å². The van der Waals surface area contributed by atoms with E-state index in [-0.39, 0.29) is 11.9 Å². The summed E-state index contributed by atoms with van der Waals surface area (Å²) in [4.78, 5) is 25.2. The fraction of sp³-hybridized carbons (Fsp3) is 0.150. The summed E-state index contributed by atoms with van der Waals surface area (Å²) >= 11 is 2.20. The van der Waals surface area contributed by atoms with E-state index >= 15 is 0 Å². The van der Waals surface area contributed by atoms with Crippen molar-refractivity contribution in [2.75, 3.05) is 21.2 Å². The van der Waals surface area contributed by atoms with Gasteiger partial charge in [-0.3, -0.25) is 9.89 Å². The second-order valence-corrected chi connectivity index (χ2v) is 7.19. The maximum absolute atomic E-state index is 12.1. The van der Waals surface area contributed by atoms with Crippen LogP contribution in [0.15, 0.2) is 48.5 Å². The van der Waals surface area contributed by atoms with Crippen molar-refractivity contribution in [2.45, 2.75) is 0 Å². The van der Waals surface area contributed by atoms with Crippen LogP contribution in [0.5, 0.6) is 0 Å². The number of nitrogens with zero attached hydrogens (tertiary/aromatic N) is 2. The van der Waals surface area contributed by atoms with Gasteiger partial charge in [-0.2, -0.15) is 5.10 Å². The van der Waals surface area contributed by atoms with Crippen LogP contribution < -0.4 is 0 Å². The van der Waals surface area contributed by atoms with Gasteiger partial charge in [-0.1, -0.05) is 24.3 Å². The van der Waals surface area contributed by atoms with Gasteiger partial charge < -0.3 is 9.64 Å². The molecule has 1 aromatic heterocycles. The molecule has 0 spiro atoms. The topological polar surface area (TPSA) is 75.3 Å². The number of rotatable bonds is 4. The molecule has 138 valence electrons. The molecule has 27 heavy (non-hydrogen) atoms. The third-order valence-corrected chi connectivity index (χ3v) is 4.91. The number of halogens is 1. The Morgan fingerprint density at radius 2 is 1.52 bits per heavy atom. The van der Waals surface area contributed by atoms with Gasteiger partial charge in [-0.05, 0) is 52.4 Å². The molecule has 0 unspecified atom stereocenters. The highest BCUT2D eigenvalue weighted by atomic mass is 127. The van der Waals surface area contributed by atoms with E-state index in [2.05, 4.69) is 32.8 Å². The van der Waals surface area contributed by atoms with E-state index in [1.165, 1.54) is 7.11 Å². The number of benzene rings is 2. The zero-order valence-electron chi connectivity index (χ0n) is 15.1. The first kappa shape index (κ1) is 19.1. The molecule has 7 heteroatoms. The lowest BCUT2D eigenvalue weighted by Gasteiger charge is -2.11. The summed E-state index contributed by atoms with van der Waals surface area (Å²) < 4.78 is 5.63. The molecule has 3 rings (SSSR count). The first-order valence-corrected chi connectivity index (χ1v) is 9.25. The van der Waals surface area contributed by atoms with Crippen molar-refractivity contribution in [3.63, 3.8) is 0 Å². The van der Waals surface area contributed by atoms with E-state index in [1.54, 1.807) is 31.1 Å². The van der Waals surface area contributed by atoms with Crippen LogP contribution in [0.2, 0.25) is 0 Å². The number of hydrogen-bond donors (Lipinski definition) is 1. The summed E-state index contributed by atoms with van der Waals surface area (Å²) in [6, 6.07) is 14.6. The number of aromatic amines is 1. The Hall–Kier alpha value is -2.68. The largest absolute Gasteiger partial charge is 0.465 e. The lowest BCUT2D eigenvalue weighted by atomic mass is 10.00.